The van der Waals surface area contributed by atoms with Gasteiger partial charge in [0.15, 0.2) is 0 Å². The molecule has 0 saturated heterocycles. The molecule has 0 saturated carbocycles. The summed E-state index contributed by atoms with van der Waals surface area (Å²) in [4.78, 5) is 11.1. The molecule has 0 atom stereocenters. The van der Waals surface area contributed by atoms with Gasteiger partial charge in [-0.15, -0.1) is 10.2 Å². The van der Waals surface area contributed by atoms with Gasteiger partial charge in [-0.05, 0) is 50.5 Å². The van der Waals surface area contributed by atoms with Crippen LogP contribution in [0, 0.1) is 11.3 Å². The number of rotatable bonds is 8. The Morgan fingerprint density at radius 3 is 2.61 bits per heavy atom. The van der Waals surface area contributed by atoms with Gasteiger partial charge in [-0.3, -0.25) is 0 Å². The Morgan fingerprint density at radius 1 is 1.10 bits per heavy atom. The van der Waals surface area contributed by atoms with Crippen molar-refractivity contribution in [2.24, 2.45) is 0 Å². The predicted octanol–water partition coefficient (Wildman–Crippen LogP) is 3.83. The fourth-order valence-corrected chi connectivity index (χ4v) is 3.14. The monoisotopic (exact) mass is 433 g/mol. The van der Waals surface area contributed by atoms with Gasteiger partial charge in [0.2, 0.25) is 5.13 Å². The summed E-state index contributed by atoms with van der Waals surface area (Å²) < 4.78 is 11.7. The fraction of sp³-hybridized carbons (Fsp3) is 0.190. The first-order chi connectivity index (χ1) is 15.1. The standard InChI is InChI=1S/C21H19N7O2S/c1-28(2)9-10-29-16-7-8-17-18(11-16)24-20(25-19(17)26-21-27-23-13-31-21)30-15-5-3-14(12-22)4-6-15/h3-8,11,13H,9-10H2,1-2H3,(H,24,25,26,27). The van der Waals surface area contributed by atoms with Crippen LogP contribution in [0.1, 0.15) is 5.56 Å². The molecule has 0 aliphatic rings. The first-order valence-electron chi connectivity index (χ1n) is 9.41. The molecule has 0 amide bonds. The van der Waals surface area contributed by atoms with Crippen molar-refractivity contribution >= 4 is 33.2 Å². The molecule has 0 bridgehead atoms. The summed E-state index contributed by atoms with van der Waals surface area (Å²) in [5.74, 6) is 1.78. The SMILES string of the molecule is CN(C)CCOc1ccc2c(Nc3nncs3)nc(Oc3ccc(C#N)cc3)nc2c1. The second kappa shape index (κ2) is 9.34. The van der Waals surface area contributed by atoms with Gasteiger partial charge in [0, 0.05) is 18.0 Å². The number of likely N-dealkylation sites (N-methyl/N-ethyl adjacent to an activating group) is 1. The van der Waals surface area contributed by atoms with Crippen molar-refractivity contribution in [2.45, 2.75) is 0 Å². The Labute approximate surface area is 182 Å². The number of nitrogens with zero attached hydrogens (tertiary/aromatic N) is 6. The number of fused-ring (bicyclic) bond motifs is 1. The van der Waals surface area contributed by atoms with Gasteiger partial charge in [-0.25, -0.2) is 0 Å². The van der Waals surface area contributed by atoms with Crippen molar-refractivity contribution in [3.63, 3.8) is 0 Å². The van der Waals surface area contributed by atoms with Crippen LogP contribution in [0.15, 0.2) is 48.0 Å². The van der Waals surface area contributed by atoms with Crippen molar-refractivity contribution in [2.75, 3.05) is 32.6 Å². The molecule has 10 heteroatoms. The quantitative estimate of drug-likeness (QED) is 0.443. The molecule has 4 aromatic rings. The molecule has 0 spiro atoms. The summed E-state index contributed by atoms with van der Waals surface area (Å²) in [6.45, 7) is 1.37. The molecule has 0 radical (unpaired) electrons. The molecular weight excluding hydrogens is 414 g/mol. The molecule has 156 valence electrons. The van der Waals surface area contributed by atoms with Gasteiger partial charge in [0.25, 0.3) is 0 Å². The predicted molar refractivity (Wildman–Crippen MR) is 118 cm³/mol. The van der Waals surface area contributed by atoms with Gasteiger partial charge in [0.1, 0.15) is 29.4 Å². The van der Waals surface area contributed by atoms with Crippen molar-refractivity contribution in [3.8, 4) is 23.6 Å². The van der Waals surface area contributed by atoms with Gasteiger partial charge in [0.05, 0.1) is 17.1 Å². The van der Waals surface area contributed by atoms with Gasteiger partial charge in [-0.2, -0.15) is 15.2 Å². The van der Waals surface area contributed by atoms with Crippen LogP contribution >= 0.6 is 11.3 Å². The Kier molecular flexibility index (Phi) is 6.16. The van der Waals surface area contributed by atoms with E-state index in [-0.39, 0.29) is 6.01 Å². The lowest BCUT2D eigenvalue weighted by molar-refractivity contribution is 0.261. The maximum absolute atomic E-state index is 8.96. The Bertz CT molecular complexity index is 1210. The first kappa shape index (κ1) is 20.5. The lowest BCUT2D eigenvalue weighted by atomic mass is 10.2. The van der Waals surface area contributed by atoms with Crippen molar-refractivity contribution in [1.29, 1.82) is 5.26 Å². The number of nitriles is 1. The van der Waals surface area contributed by atoms with Crippen LogP contribution in [0.25, 0.3) is 10.9 Å². The first-order valence-corrected chi connectivity index (χ1v) is 10.3. The van der Waals surface area contributed by atoms with Crippen LogP contribution in [-0.2, 0) is 0 Å². The fourth-order valence-electron chi connectivity index (χ4n) is 2.70. The van der Waals surface area contributed by atoms with Crippen molar-refractivity contribution in [1.82, 2.24) is 25.1 Å². The Hall–Kier alpha value is -3.81. The molecule has 0 fully saturated rings. The van der Waals surface area contributed by atoms with E-state index < -0.39 is 0 Å². The normalized spacial score (nSPS) is 10.8. The molecule has 9 nitrogen and oxygen atoms in total. The lowest BCUT2D eigenvalue weighted by Gasteiger charge is -2.13. The zero-order chi connectivity index (χ0) is 21.6. The van der Waals surface area contributed by atoms with E-state index in [0.717, 1.165) is 11.9 Å². The topological polar surface area (TPSA) is 109 Å². The number of aromatic nitrogens is 4. The minimum absolute atomic E-state index is 0.162. The zero-order valence-electron chi connectivity index (χ0n) is 16.9. The minimum atomic E-state index is 0.162. The Morgan fingerprint density at radius 2 is 1.90 bits per heavy atom. The highest BCUT2D eigenvalue weighted by Gasteiger charge is 2.12. The van der Waals surface area contributed by atoms with Crippen LogP contribution in [-0.4, -0.2) is 52.3 Å². The van der Waals surface area contributed by atoms with E-state index in [2.05, 4.69) is 36.5 Å². The molecule has 2 heterocycles. The number of benzene rings is 2. The van der Waals surface area contributed by atoms with Crippen LogP contribution < -0.4 is 14.8 Å². The van der Waals surface area contributed by atoms with E-state index in [1.54, 1.807) is 29.8 Å². The summed E-state index contributed by atoms with van der Waals surface area (Å²) in [5.41, 5.74) is 2.84. The highest BCUT2D eigenvalue weighted by molar-refractivity contribution is 7.13. The minimum Gasteiger partial charge on any atom is -0.492 e. The van der Waals surface area contributed by atoms with Crippen LogP contribution in [0.3, 0.4) is 0 Å². The number of hydrogen-bond donors (Lipinski definition) is 1. The van der Waals surface area contributed by atoms with Crippen molar-refractivity contribution < 1.29 is 9.47 Å². The molecule has 1 N–H and O–H groups in total. The van der Waals surface area contributed by atoms with E-state index in [1.165, 1.54) is 11.3 Å². The second-order valence-corrected chi connectivity index (χ2v) is 7.63. The zero-order valence-corrected chi connectivity index (χ0v) is 17.8. The highest BCUT2D eigenvalue weighted by atomic mass is 32.1. The molecule has 0 aliphatic heterocycles. The summed E-state index contributed by atoms with van der Waals surface area (Å²) in [7, 11) is 3.99. The lowest BCUT2D eigenvalue weighted by Crippen LogP contribution is -2.19. The van der Waals surface area contributed by atoms with E-state index in [4.69, 9.17) is 14.7 Å². The molecule has 4 rings (SSSR count). The van der Waals surface area contributed by atoms with E-state index in [9.17, 15) is 0 Å². The summed E-state index contributed by atoms with van der Waals surface area (Å²) in [6, 6.07) is 14.6. The van der Waals surface area contributed by atoms with E-state index in [0.29, 0.717) is 40.1 Å². The van der Waals surface area contributed by atoms with E-state index >= 15 is 0 Å². The number of hydrogen-bond acceptors (Lipinski definition) is 10. The summed E-state index contributed by atoms with van der Waals surface area (Å²) in [6.07, 6.45) is 0. The smallest absolute Gasteiger partial charge is 0.324 e. The summed E-state index contributed by atoms with van der Waals surface area (Å²) in [5, 5.41) is 21.4. The maximum Gasteiger partial charge on any atom is 0.324 e. The van der Waals surface area contributed by atoms with Crippen molar-refractivity contribution in [3.05, 3.63) is 53.5 Å². The molecule has 31 heavy (non-hydrogen) atoms. The van der Waals surface area contributed by atoms with Crippen LogP contribution in [0.5, 0.6) is 17.5 Å². The number of anilines is 2. The van der Waals surface area contributed by atoms with Gasteiger partial charge < -0.3 is 19.7 Å². The number of nitrogens with one attached hydrogen (secondary N) is 1. The van der Waals surface area contributed by atoms with Gasteiger partial charge >= 0.3 is 6.01 Å². The van der Waals surface area contributed by atoms with Gasteiger partial charge in [-0.1, -0.05) is 11.3 Å². The molecule has 0 unspecified atom stereocenters. The molecule has 2 aromatic heterocycles. The summed E-state index contributed by atoms with van der Waals surface area (Å²) >= 11 is 1.36. The van der Waals surface area contributed by atoms with E-state index in [1.807, 2.05) is 32.3 Å². The van der Waals surface area contributed by atoms with Crippen LogP contribution in [0.4, 0.5) is 10.9 Å². The molecule has 0 aliphatic carbocycles. The van der Waals surface area contributed by atoms with Crippen LogP contribution in [0.2, 0.25) is 0 Å². The average molecular weight is 433 g/mol. The number of ether oxygens (including phenoxy) is 2. The average Bonchev–Trinajstić information content (AvgIpc) is 3.27. The third-order valence-electron chi connectivity index (χ3n) is 4.23. The molecular formula is C21H19N7O2S. The largest absolute Gasteiger partial charge is 0.492 e. The molecule has 2 aromatic carbocycles. The Balaban J connectivity index is 1.67. The third-order valence-corrected chi connectivity index (χ3v) is 4.84. The second-order valence-electron chi connectivity index (χ2n) is 6.79. The highest BCUT2D eigenvalue weighted by Crippen LogP contribution is 2.30. The maximum atomic E-state index is 8.96. The third kappa shape index (κ3) is 5.22.